The molecule has 1 N–H and O–H groups in total. The van der Waals surface area contributed by atoms with Gasteiger partial charge in [-0.2, -0.15) is 5.26 Å². The van der Waals surface area contributed by atoms with Crippen LogP contribution in [-0.2, 0) is 4.79 Å². The molecule has 0 fully saturated rings. The van der Waals surface area contributed by atoms with Gasteiger partial charge in [-0.25, -0.2) is 0 Å². The number of methoxy groups -OCH3 is 2. The fourth-order valence-electron chi connectivity index (χ4n) is 2.23. The third-order valence-corrected chi connectivity index (χ3v) is 3.54. The van der Waals surface area contributed by atoms with E-state index in [9.17, 15) is 25.3 Å². The third kappa shape index (κ3) is 3.98. The van der Waals surface area contributed by atoms with Crippen molar-refractivity contribution in [3.8, 4) is 17.6 Å². The van der Waals surface area contributed by atoms with E-state index in [1.54, 1.807) is 19.9 Å². The van der Waals surface area contributed by atoms with E-state index in [1.165, 1.54) is 25.2 Å². The molecule has 0 aromatic heterocycles. The summed E-state index contributed by atoms with van der Waals surface area (Å²) in [7, 11) is 2.52. The lowest BCUT2D eigenvalue weighted by molar-refractivity contribution is -0.385. The Bertz CT molecular complexity index is 747. The van der Waals surface area contributed by atoms with Crippen LogP contribution in [0, 0.1) is 21.4 Å². The number of hydrogen-bond acceptors (Lipinski definition) is 7. The van der Waals surface area contributed by atoms with Gasteiger partial charge in [-0.15, -0.1) is 0 Å². The molecule has 1 aromatic carbocycles. The van der Waals surface area contributed by atoms with Gasteiger partial charge in [0.05, 0.1) is 19.1 Å². The van der Waals surface area contributed by atoms with Crippen molar-refractivity contribution in [3.63, 3.8) is 0 Å². The monoisotopic (exact) mass is 349 g/mol. The maximum atomic E-state index is 12.3. The van der Waals surface area contributed by atoms with Crippen LogP contribution >= 0.6 is 0 Å². The first-order chi connectivity index (χ1) is 11.9. The Balaban J connectivity index is 3.62. The first kappa shape index (κ1) is 19.8. The van der Waals surface area contributed by atoms with Gasteiger partial charge in [0.15, 0.2) is 11.3 Å². The van der Waals surface area contributed by atoms with E-state index < -0.39 is 27.9 Å². The van der Waals surface area contributed by atoms with Gasteiger partial charge in [0.25, 0.3) is 5.91 Å². The normalized spacial score (nSPS) is 11.2. The lowest BCUT2D eigenvalue weighted by Gasteiger charge is -2.18. The highest BCUT2D eigenvalue weighted by Crippen LogP contribution is 2.39. The topological polar surface area (TPSA) is 126 Å². The van der Waals surface area contributed by atoms with Gasteiger partial charge in [-0.05, 0) is 19.9 Å². The molecular formula is C16H19N3O6. The third-order valence-electron chi connectivity index (χ3n) is 3.54. The Morgan fingerprint density at radius 2 is 1.92 bits per heavy atom. The Morgan fingerprint density at radius 3 is 2.32 bits per heavy atom. The van der Waals surface area contributed by atoms with E-state index in [4.69, 9.17) is 9.47 Å². The highest BCUT2D eigenvalue weighted by Gasteiger charge is 2.26. The van der Waals surface area contributed by atoms with E-state index in [0.717, 1.165) is 6.07 Å². The number of aliphatic hydroxyl groups is 1. The molecule has 0 saturated carbocycles. The SMILES string of the molecule is CCN(CC)C(=O)/C(C#N)=C(\O)c1cc(OC)c(OC)c([N+](=O)[O-])c1. The van der Waals surface area contributed by atoms with Gasteiger partial charge in [-0.1, -0.05) is 0 Å². The van der Waals surface area contributed by atoms with Crippen molar-refractivity contribution in [2.75, 3.05) is 27.3 Å². The van der Waals surface area contributed by atoms with Crippen LogP contribution in [-0.4, -0.2) is 48.1 Å². The standard InChI is InChI=1S/C16H19N3O6/c1-5-18(6-2)16(21)11(9-17)14(20)10-7-12(19(22)23)15(25-4)13(8-10)24-3/h7-8,20H,5-6H2,1-4H3/b14-11-. The molecule has 1 rings (SSSR count). The number of amides is 1. The molecule has 9 nitrogen and oxygen atoms in total. The molecule has 0 radical (unpaired) electrons. The zero-order chi connectivity index (χ0) is 19.1. The highest BCUT2D eigenvalue weighted by molar-refractivity contribution is 6.03. The minimum Gasteiger partial charge on any atom is -0.506 e. The molecule has 0 spiro atoms. The zero-order valence-electron chi connectivity index (χ0n) is 14.4. The Labute approximate surface area is 144 Å². The lowest BCUT2D eigenvalue weighted by Crippen LogP contribution is -2.31. The van der Waals surface area contributed by atoms with Crippen LogP contribution in [0.3, 0.4) is 0 Å². The van der Waals surface area contributed by atoms with Crippen molar-refractivity contribution >= 4 is 17.4 Å². The number of benzene rings is 1. The van der Waals surface area contributed by atoms with Crippen LogP contribution in [0.4, 0.5) is 5.69 Å². The van der Waals surface area contributed by atoms with Crippen molar-refractivity contribution in [2.24, 2.45) is 0 Å². The summed E-state index contributed by atoms with van der Waals surface area (Å²) in [6.07, 6.45) is 0. The molecule has 134 valence electrons. The minimum absolute atomic E-state index is 0.00849. The van der Waals surface area contributed by atoms with Gasteiger partial charge in [0, 0.05) is 24.7 Å². The van der Waals surface area contributed by atoms with Gasteiger partial charge in [-0.3, -0.25) is 14.9 Å². The first-order valence-corrected chi connectivity index (χ1v) is 7.39. The molecule has 0 saturated heterocycles. The molecule has 1 aromatic rings. The Hall–Kier alpha value is -3.28. The molecule has 0 aliphatic rings. The quantitative estimate of drug-likeness (QED) is 0.263. The van der Waals surface area contributed by atoms with Crippen LogP contribution in [0.1, 0.15) is 19.4 Å². The van der Waals surface area contributed by atoms with E-state index in [0.29, 0.717) is 13.1 Å². The number of ether oxygens (including phenoxy) is 2. The summed E-state index contributed by atoms with van der Waals surface area (Å²) in [5.41, 5.74) is -1.07. The van der Waals surface area contributed by atoms with Gasteiger partial charge < -0.3 is 19.5 Å². The number of nitro benzene ring substituents is 1. The molecule has 0 unspecified atom stereocenters. The number of nitriles is 1. The average Bonchev–Trinajstić information content (AvgIpc) is 2.61. The summed E-state index contributed by atoms with van der Waals surface area (Å²) in [5, 5.41) is 30.9. The maximum Gasteiger partial charge on any atom is 0.315 e. The molecule has 0 aliphatic heterocycles. The van der Waals surface area contributed by atoms with E-state index in [-0.39, 0.29) is 17.1 Å². The first-order valence-electron chi connectivity index (χ1n) is 7.39. The molecule has 9 heteroatoms. The smallest absolute Gasteiger partial charge is 0.315 e. The fraction of sp³-hybridized carbons (Fsp3) is 0.375. The minimum atomic E-state index is -0.712. The molecule has 1 amide bonds. The van der Waals surface area contributed by atoms with Crippen molar-refractivity contribution < 1.29 is 24.3 Å². The van der Waals surface area contributed by atoms with Crippen molar-refractivity contribution in [3.05, 3.63) is 33.4 Å². The number of carbonyl (C=O) groups excluding carboxylic acids is 1. The predicted molar refractivity (Wildman–Crippen MR) is 89.3 cm³/mol. The zero-order valence-corrected chi connectivity index (χ0v) is 14.4. The van der Waals surface area contributed by atoms with Gasteiger partial charge in [0.1, 0.15) is 11.8 Å². The number of nitrogens with zero attached hydrogens (tertiary/aromatic N) is 3. The van der Waals surface area contributed by atoms with E-state index in [1.807, 2.05) is 0 Å². The summed E-state index contributed by atoms with van der Waals surface area (Å²) in [4.78, 5) is 24.2. The molecular weight excluding hydrogens is 330 g/mol. The number of aliphatic hydroxyl groups excluding tert-OH is 1. The van der Waals surface area contributed by atoms with Crippen LogP contribution < -0.4 is 9.47 Å². The van der Waals surface area contributed by atoms with Crippen LogP contribution in [0.2, 0.25) is 0 Å². The fourth-order valence-corrected chi connectivity index (χ4v) is 2.23. The van der Waals surface area contributed by atoms with Crippen LogP contribution in [0.25, 0.3) is 5.76 Å². The van der Waals surface area contributed by atoms with Gasteiger partial charge in [0.2, 0.25) is 5.75 Å². The van der Waals surface area contributed by atoms with Crippen molar-refractivity contribution in [2.45, 2.75) is 13.8 Å². The average molecular weight is 349 g/mol. The van der Waals surface area contributed by atoms with Crippen molar-refractivity contribution in [1.29, 1.82) is 5.26 Å². The highest BCUT2D eigenvalue weighted by atomic mass is 16.6. The summed E-state index contributed by atoms with van der Waals surface area (Å²) in [6.45, 7) is 4.16. The number of rotatable bonds is 7. The number of hydrogen-bond donors (Lipinski definition) is 1. The molecule has 0 bridgehead atoms. The van der Waals surface area contributed by atoms with E-state index in [2.05, 4.69) is 0 Å². The second kappa shape index (κ2) is 8.54. The summed E-state index contributed by atoms with van der Waals surface area (Å²) >= 11 is 0. The number of nitro groups is 1. The summed E-state index contributed by atoms with van der Waals surface area (Å²) < 4.78 is 10.0. The van der Waals surface area contributed by atoms with Gasteiger partial charge >= 0.3 is 5.69 Å². The van der Waals surface area contributed by atoms with Crippen molar-refractivity contribution in [1.82, 2.24) is 4.90 Å². The Kier molecular flexibility index (Phi) is 6.75. The number of likely N-dealkylation sites (N-methyl/N-ethyl adjacent to an activating group) is 1. The number of carbonyl (C=O) groups is 1. The molecule has 0 aliphatic carbocycles. The second-order valence-corrected chi connectivity index (χ2v) is 4.80. The molecule has 0 atom stereocenters. The largest absolute Gasteiger partial charge is 0.506 e. The summed E-state index contributed by atoms with van der Waals surface area (Å²) in [6, 6.07) is 3.94. The van der Waals surface area contributed by atoms with E-state index >= 15 is 0 Å². The molecule has 25 heavy (non-hydrogen) atoms. The van der Waals surface area contributed by atoms with Crippen LogP contribution in [0.15, 0.2) is 17.7 Å². The summed E-state index contributed by atoms with van der Waals surface area (Å²) in [5.74, 6) is -1.46. The molecule has 0 heterocycles. The predicted octanol–water partition coefficient (Wildman–Crippen LogP) is 2.27. The second-order valence-electron chi connectivity index (χ2n) is 4.80. The maximum absolute atomic E-state index is 12.3. The Morgan fingerprint density at radius 1 is 1.32 bits per heavy atom. The lowest BCUT2D eigenvalue weighted by atomic mass is 10.1. The van der Waals surface area contributed by atoms with Crippen LogP contribution in [0.5, 0.6) is 11.5 Å².